The number of rotatable bonds is 4. The molecule has 0 saturated carbocycles. The lowest BCUT2D eigenvalue weighted by Gasteiger charge is -2.45. The highest BCUT2D eigenvalue weighted by Crippen LogP contribution is 2.61. The largest absolute Gasteiger partial charge is 0.453 e. The van der Waals surface area contributed by atoms with Gasteiger partial charge in [-0.25, -0.2) is 0 Å². The molecular weight excluding hydrogens is 633 g/mol. The Balaban J connectivity index is 1.22. The summed E-state index contributed by atoms with van der Waals surface area (Å²) in [4.78, 5) is 4.92. The molecule has 0 unspecified atom stereocenters. The van der Waals surface area contributed by atoms with Crippen LogP contribution in [0.2, 0.25) is 0 Å². The van der Waals surface area contributed by atoms with Gasteiger partial charge in [0.1, 0.15) is 0 Å². The normalized spacial score (nSPS) is 15.1. The first kappa shape index (κ1) is 30.7. The van der Waals surface area contributed by atoms with E-state index in [1.165, 1.54) is 55.8 Å². The minimum Gasteiger partial charge on any atom is -0.453 e. The van der Waals surface area contributed by atoms with Crippen LogP contribution in [0.15, 0.2) is 152 Å². The number of hydrogen-bond acceptors (Lipinski definition) is 3. The highest BCUT2D eigenvalue weighted by molar-refractivity contribution is 5.96. The Kier molecular flexibility index (Phi) is 6.48. The number of hydrogen-bond donors (Lipinski definition) is 0. The molecule has 0 fully saturated rings. The van der Waals surface area contributed by atoms with Crippen LogP contribution in [0.3, 0.4) is 0 Å². The molecule has 0 N–H and O–H groups in total. The van der Waals surface area contributed by atoms with Crippen molar-refractivity contribution in [3.8, 4) is 33.8 Å². The molecule has 0 saturated heterocycles. The van der Waals surface area contributed by atoms with E-state index in [0.717, 1.165) is 39.9 Å². The lowest BCUT2D eigenvalue weighted by Crippen LogP contribution is -2.33. The van der Waals surface area contributed by atoms with Gasteiger partial charge in [0.25, 0.3) is 0 Å². The molecule has 0 bridgehead atoms. The molecule has 3 nitrogen and oxygen atoms in total. The summed E-state index contributed by atoms with van der Waals surface area (Å²) < 4.78 is 6.57. The molecular formula is C49H40N2O. The van der Waals surface area contributed by atoms with E-state index in [1.807, 2.05) is 0 Å². The first-order valence-corrected chi connectivity index (χ1v) is 18.3. The van der Waals surface area contributed by atoms with Crippen LogP contribution in [-0.2, 0) is 10.8 Å². The van der Waals surface area contributed by atoms with E-state index in [0.29, 0.717) is 0 Å². The van der Waals surface area contributed by atoms with E-state index < -0.39 is 0 Å². The molecule has 7 aromatic rings. The van der Waals surface area contributed by atoms with Crippen LogP contribution in [0.4, 0.5) is 34.1 Å². The van der Waals surface area contributed by atoms with E-state index in [2.05, 4.69) is 196 Å². The van der Waals surface area contributed by atoms with Crippen molar-refractivity contribution in [3.63, 3.8) is 0 Å². The summed E-state index contributed by atoms with van der Waals surface area (Å²) in [5, 5.41) is 0. The van der Waals surface area contributed by atoms with Gasteiger partial charge in [0.05, 0.1) is 22.7 Å². The number of para-hydroxylation sites is 3. The summed E-state index contributed by atoms with van der Waals surface area (Å²) in [5.74, 6) is 1.79. The Bertz CT molecular complexity index is 2580. The van der Waals surface area contributed by atoms with E-state index in [-0.39, 0.29) is 10.8 Å². The average Bonchev–Trinajstić information content (AvgIpc) is 3.39. The van der Waals surface area contributed by atoms with Crippen molar-refractivity contribution in [2.24, 2.45) is 0 Å². The predicted molar refractivity (Wildman–Crippen MR) is 216 cm³/mol. The van der Waals surface area contributed by atoms with Gasteiger partial charge in [-0.2, -0.15) is 0 Å². The molecule has 1 aliphatic carbocycles. The number of benzene rings is 7. The van der Waals surface area contributed by atoms with E-state index >= 15 is 0 Å². The molecule has 0 atom stereocenters. The van der Waals surface area contributed by atoms with Gasteiger partial charge in [-0.1, -0.05) is 131 Å². The summed E-state index contributed by atoms with van der Waals surface area (Å²) in [5.41, 5.74) is 18.0. The Morgan fingerprint density at radius 3 is 1.88 bits per heavy atom. The fraction of sp³-hybridized carbons (Fsp3) is 0.143. The number of anilines is 6. The molecule has 0 amide bonds. The van der Waals surface area contributed by atoms with Crippen molar-refractivity contribution in [3.05, 3.63) is 179 Å². The molecule has 252 valence electrons. The fourth-order valence-electron chi connectivity index (χ4n) is 9.10. The second-order valence-corrected chi connectivity index (χ2v) is 15.5. The van der Waals surface area contributed by atoms with Crippen molar-refractivity contribution >= 4 is 34.1 Å². The quantitative estimate of drug-likeness (QED) is 0.185. The molecule has 2 aliphatic heterocycles. The minimum atomic E-state index is -0.289. The maximum Gasteiger partial charge on any atom is 0.151 e. The van der Waals surface area contributed by atoms with Crippen molar-refractivity contribution < 1.29 is 4.74 Å². The van der Waals surface area contributed by atoms with Gasteiger partial charge >= 0.3 is 0 Å². The van der Waals surface area contributed by atoms with Gasteiger partial charge < -0.3 is 14.5 Å². The molecule has 7 aromatic carbocycles. The summed E-state index contributed by atoms with van der Waals surface area (Å²) in [6, 6.07) is 55.5. The smallest absolute Gasteiger partial charge is 0.151 e. The third-order valence-corrected chi connectivity index (χ3v) is 11.7. The number of fused-ring (bicyclic) bond motifs is 7. The van der Waals surface area contributed by atoms with Gasteiger partial charge in [0.15, 0.2) is 11.5 Å². The average molecular weight is 673 g/mol. The van der Waals surface area contributed by atoms with Crippen molar-refractivity contribution in [1.82, 2.24) is 0 Å². The lowest BCUT2D eigenvalue weighted by atomic mass is 9.73. The number of aryl methyl sites for hydroxylation is 1. The fourth-order valence-corrected chi connectivity index (χ4v) is 9.10. The molecule has 0 radical (unpaired) electrons. The SMILES string of the molecule is Cc1cccc2c1N1c3ccc(N(c4ccc5c(c4)C(C)(C)c4ccccc4-5)c4ccccc4-c4ccccc4)cc3C(C)(C)c3cccc(c31)O2. The van der Waals surface area contributed by atoms with E-state index in [1.54, 1.807) is 0 Å². The number of nitrogens with zero attached hydrogens (tertiary/aromatic N) is 2. The molecule has 0 spiro atoms. The van der Waals surface area contributed by atoms with Crippen LogP contribution in [0.1, 0.15) is 55.5 Å². The zero-order valence-electron chi connectivity index (χ0n) is 30.2. The molecule has 52 heavy (non-hydrogen) atoms. The topological polar surface area (TPSA) is 15.7 Å². The maximum atomic E-state index is 6.57. The van der Waals surface area contributed by atoms with Crippen LogP contribution in [0.5, 0.6) is 11.5 Å². The van der Waals surface area contributed by atoms with Crippen molar-refractivity contribution in [2.45, 2.75) is 45.4 Å². The zero-order chi connectivity index (χ0) is 35.4. The molecule has 10 rings (SSSR count). The van der Waals surface area contributed by atoms with Gasteiger partial charge in [-0.15, -0.1) is 0 Å². The standard InChI is InChI=1S/C49H40N2O/c1-31-15-13-23-44-46(31)51-43-28-26-34(30-41(43)49(4,5)39-21-14-24-45(52-44)47(39)51)50(42-22-12-10-18-35(42)32-16-7-6-8-17-32)33-25-27-37-36-19-9-11-20-38(36)48(2,3)40(37)29-33/h6-30H,1-5H3. The molecule has 3 heteroatoms. The van der Waals surface area contributed by atoms with Crippen LogP contribution >= 0.6 is 0 Å². The Labute approximate surface area is 306 Å². The maximum absolute atomic E-state index is 6.57. The first-order valence-electron chi connectivity index (χ1n) is 18.3. The van der Waals surface area contributed by atoms with Gasteiger partial charge in [0, 0.05) is 27.8 Å². The predicted octanol–water partition coefficient (Wildman–Crippen LogP) is 13.7. The second-order valence-electron chi connectivity index (χ2n) is 15.5. The highest BCUT2D eigenvalue weighted by atomic mass is 16.5. The summed E-state index contributed by atoms with van der Waals surface area (Å²) >= 11 is 0. The monoisotopic (exact) mass is 672 g/mol. The summed E-state index contributed by atoms with van der Waals surface area (Å²) in [7, 11) is 0. The van der Waals surface area contributed by atoms with Gasteiger partial charge in [0.2, 0.25) is 0 Å². The van der Waals surface area contributed by atoms with Gasteiger partial charge in [-0.3, -0.25) is 0 Å². The minimum absolute atomic E-state index is 0.118. The third kappa shape index (κ3) is 4.26. The Morgan fingerprint density at radius 2 is 1.08 bits per heavy atom. The van der Waals surface area contributed by atoms with Crippen molar-refractivity contribution in [1.29, 1.82) is 0 Å². The second kappa shape index (κ2) is 11.0. The van der Waals surface area contributed by atoms with Crippen LogP contribution in [0, 0.1) is 6.92 Å². The summed E-state index contributed by atoms with van der Waals surface area (Å²) in [6.45, 7) is 11.6. The molecule has 2 heterocycles. The van der Waals surface area contributed by atoms with Crippen LogP contribution in [0.25, 0.3) is 22.3 Å². The zero-order valence-corrected chi connectivity index (χ0v) is 30.2. The first-order chi connectivity index (χ1) is 25.2. The van der Waals surface area contributed by atoms with E-state index in [4.69, 9.17) is 4.74 Å². The highest BCUT2D eigenvalue weighted by Gasteiger charge is 2.42. The van der Waals surface area contributed by atoms with Crippen LogP contribution in [-0.4, -0.2) is 0 Å². The Morgan fingerprint density at radius 1 is 0.481 bits per heavy atom. The van der Waals surface area contributed by atoms with Crippen LogP contribution < -0.4 is 14.5 Å². The van der Waals surface area contributed by atoms with E-state index in [9.17, 15) is 0 Å². The number of ether oxygens (including phenoxy) is 1. The van der Waals surface area contributed by atoms with Crippen molar-refractivity contribution in [2.75, 3.05) is 9.80 Å². The molecule has 0 aromatic heterocycles. The third-order valence-electron chi connectivity index (χ3n) is 11.7. The van der Waals surface area contributed by atoms with Gasteiger partial charge in [-0.05, 0) is 100.0 Å². The molecule has 3 aliphatic rings. The summed E-state index contributed by atoms with van der Waals surface area (Å²) in [6.07, 6.45) is 0. The Hall–Kier alpha value is -6.06. The lowest BCUT2D eigenvalue weighted by molar-refractivity contribution is 0.471.